The van der Waals surface area contributed by atoms with Crippen molar-refractivity contribution in [2.75, 3.05) is 0 Å². The van der Waals surface area contributed by atoms with Gasteiger partial charge in [0.15, 0.2) is 0 Å². The van der Waals surface area contributed by atoms with Crippen molar-refractivity contribution in [2.24, 2.45) is 0 Å². The predicted molar refractivity (Wildman–Crippen MR) is 78.3 cm³/mol. The van der Waals surface area contributed by atoms with Crippen LogP contribution in [0, 0.1) is 15.9 Å². The van der Waals surface area contributed by atoms with E-state index in [0.717, 1.165) is 6.07 Å². The molecular formula is C15H11ClFNO4. The van der Waals surface area contributed by atoms with Crippen molar-refractivity contribution in [3.8, 4) is 0 Å². The smallest absolute Gasteiger partial charge is 0.338 e. The molecule has 0 fully saturated rings. The molecule has 7 heteroatoms. The van der Waals surface area contributed by atoms with Crippen LogP contribution >= 0.6 is 11.6 Å². The molecule has 2 aromatic rings. The Labute approximate surface area is 130 Å². The van der Waals surface area contributed by atoms with E-state index < -0.39 is 22.8 Å². The molecule has 0 radical (unpaired) electrons. The molecule has 5 nitrogen and oxygen atoms in total. The summed E-state index contributed by atoms with van der Waals surface area (Å²) >= 11 is 5.68. The molecule has 0 aliphatic rings. The van der Waals surface area contributed by atoms with Gasteiger partial charge in [-0.1, -0.05) is 23.7 Å². The summed E-state index contributed by atoms with van der Waals surface area (Å²) in [6.45, 7) is 1.62. The molecule has 22 heavy (non-hydrogen) atoms. The van der Waals surface area contributed by atoms with Gasteiger partial charge in [0.25, 0.3) is 5.69 Å². The van der Waals surface area contributed by atoms with Gasteiger partial charge in [0, 0.05) is 6.07 Å². The first-order valence-corrected chi connectivity index (χ1v) is 6.66. The lowest BCUT2D eigenvalue weighted by atomic mass is 10.1. The average molecular weight is 324 g/mol. The molecule has 2 rings (SSSR count). The molecule has 0 bridgehead atoms. The number of ether oxygens (including phenoxy) is 1. The maximum atomic E-state index is 12.9. The Morgan fingerprint density at radius 2 is 1.91 bits per heavy atom. The van der Waals surface area contributed by atoms with Gasteiger partial charge >= 0.3 is 5.97 Å². The number of carbonyl (C=O) groups excluding carboxylic acids is 1. The quantitative estimate of drug-likeness (QED) is 0.477. The molecule has 0 aliphatic heterocycles. The second kappa shape index (κ2) is 6.53. The van der Waals surface area contributed by atoms with Crippen molar-refractivity contribution in [1.82, 2.24) is 0 Å². The summed E-state index contributed by atoms with van der Waals surface area (Å²) in [6.07, 6.45) is -0.622. The van der Waals surface area contributed by atoms with Gasteiger partial charge in [-0.25, -0.2) is 9.18 Å². The van der Waals surface area contributed by atoms with Crippen LogP contribution in [0.4, 0.5) is 10.1 Å². The van der Waals surface area contributed by atoms with Crippen LogP contribution in [0.3, 0.4) is 0 Å². The van der Waals surface area contributed by atoms with E-state index in [0.29, 0.717) is 5.56 Å². The summed E-state index contributed by atoms with van der Waals surface area (Å²) in [5.74, 6) is -1.12. The molecule has 0 spiro atoms. The number of benzene rings is 2. The van der Waals surface area contributed by atoms with E-state index >= 15 is 0 Å². The molecule has 1 unspecified atom stereocenters. The van der Waals surface area contributed by atoms with E-state index in [9.17, 15) is 19.3 Å². The molecule has 1 atom stereocenters. The second-order valence-electron chi connectivity index (χ2n) is 4.52. The Morgan fingerprint density at radius 3 is 2.50 bits per heavy atom. The zero-order valence-electron chi connectivity index (χ0n) is 11.5. The van der Waals surface area contributed by atoms with Crippen LogP contribution in [0.2, 0.25) is 5.02 Å². The van der Waals surface area contributed by atoms with Gasteiger partial charge in [-0.3, -0.25) is 10.1 Å². The van der Waals surface area contributed by atoms with E-state index in [4.69, 9.17) is 16.3 Å². The Kier molecular flexibility index (Phi) is 4.72. The number of halogens is 2. The SMILES string of the molecule is CC(OC(=O)c1ccc(Cl)c([N+](=O)[O-])c1)c1ccc(F)cc1. The van der Waals surface area contributed by atoms with E-state index in [1.165, 1.54) is 36.4 Å². The highest BCUT2D eigenvalue weighted by Gasteiger charge is 2.19. The number of hydrogen-bond acceptors (Lipinski definition) is 4. The van der Waals surface area contributed by atoms with Gasteiger partial charge in [-0.15, -0.1) is 0 Å². The third-order valence-electron chi connectivity index (χ3n) is 3.00. The zero-order valence-corrected chi connectivity index (χ0v) is 12.2. The highest BCUT2D eigenvalue weighted by Crippen LogP contribution is 2.26. The number of carbonyl (C=O) groups is 1. The first-order valence-electron chi connectivity index (χ1n) is 6.29. The molecule has 0 heterocycles. The topological polar surface area (TPSA) is 69.4 Å². The minimum Gasteiger partial charge on any atom is -0.454 e. The first-order chi connectivity index (χ1) is 10.4. The Morgan fingerprint density at radius 1 is 1.27 bits per heavy atom. The Bertz CT molecular complexity index is 718. The molecule has 0 saturated heterocycles. The Balaban J connectivity index is 2.16. The minimum atomic E-state index is -0.725. The van der Waals surface area contributed by atoms with Crippen LogP contribution < -0.4 is 0 Å². The summed E-state index contributed by atoms with van der Waals surface area (Å²) in [5, 5.41) is 10.7. The zero-order chi connectivity index (χ0) is 16.3. The fourth-order valence-electron chi connectivity index (χ4n) is 1.81. The van der Waals surface area contributed by atoms with Gasteiger partial charge < -0.3 is 4.74 Å². The summed E-state index contributed by atoms with van der Waals surface area (Å²) in [5.41, 5.74) is 0.258. The molecule has 2 aromatic carbocycles. The summed E-state index contributed by atoms with van der Waals surface area (Å²) in [4.78, 5) is 22.1. The second-order valence-corrected chi connectivity index (χ2v) is 4.93. The lowest BCUT2D eigenvalue weighted by Gasteiger charge is -2.13. The summed E-state index contributed by atoms with van der Waals surface area (Å²) in [7, 11) is 0. The highest BCUT2D eigenvalue weighted by atomic mass is 35.5. The van der Waals surface area contributed by atoms with Crippen LogP contribution in [0.15, 0.2) is 42.5 Å². The maximum absolute atomic E-state index is 12.9. The van der Waals surface area contributed by atoms with Crippen molar-refractivity contribution in [3.63, 3.8) is 0 Å². The summed E-state index contributed by atoms with van der Waals surface area (Å²) in [6, 6.07) is 9.17. The van der Waals surface area contributed by atoms with Crippen molar-refractivity contribution < 1.29 is 18.8 Å². The predicted octanol–water partition coefficient (Wildman–Crippen LogP) is 4.31. The lowest BCUT2D eigenvalue weighted by Crippen LogP contribution is -2.09. The third-order valence-corrected chi connectivity index (χ3v) is 3.32. The molecule has 0 aliphatic carbocycles. The van der Waals surface area contributed by atoms with E-state index in [2.05, 4.69) is 0 Å². The number of hydrogen-bond donors (Lipinski definition) is 0. The van der Waals surface area contributed by atoms with Gasteiger partial charge in [-0.05, 0) is 36.8 Å². The van der Waals surface area contributed by atoms with Crippen LogP contribution in [-0.2, 0) is 4.74 Å². The van der Waals surface area contributed by atoms with Crippen LogP contribution in [0.1, 0.15) is 28.9 Å². The number of nitro groups is 1. The molecule has 0 saturated carbocycles. The van der Waals surface area contributed by atoms with E-state index in [1.807, 2.05) is 0 Å². The van der Waals surface area contributed by atoms with Gasteiger partial charge in [-0.2, -0.15) is 0 Å². The van der Waals surface area contributed by atoms with Crippen molar-refractivity contribution >= 4 is 23.3 Å². The van der Waals surface area contributed by atoms with Gasteiger partial charge in [0.05, 0.1) is 10.5 Å². The number of rotatable bonds is 4. The van der Waals surface area contributed by atoms with Crippen LogP contribution in [0.5, 0.6) is 0 Å². The number of nitro benzene ring substituents is 1. The normalized spacial score (nSPS) is 11.8. The lowest BCUT2D eigenvalue weighted by molar-refractivity contribution is -0.384. The van der Waals surface area contributed by atoms with Crippen LogP contribution in [-0.4, -0.2) is 10.9 Å². The molecule has 0 aromatic heterocycles. The fourth-order valence-corrected chi connectivity index (χ4v) is 2.00. The molecule has 114 valence electrons. The van der Waals surface area contributed by atoms with Crippen molar-refractivity contribution in [1.29, 1.82) is 0 Å². The third kappa shape index (κ3) is 3.59. The summed E-state index contributed by atoms with van der Waals surface area (Å²) < 4.78 is 18.1. The fraction of sp³-hybridized carbons (Fsp3) is 0.133. The standard InChI is InChI=1S/C15H11ClFNO4/c1-9(10-2-5-12(17)6-3-10)22-15(19)11-4-7-13(16)14(8-11)18(20)21/h2-9H,1H3. The monoisotopic (exact) mass is 323 g/mol. The average Bonchev–Trinajstić information content (AvgIpc) is 2.47. The van der Waals surface area contributed by atoms with Gasteiger partial charge in [0.1, 0.15) is 16.9 Å². The van der Waals surface area contributed by atoms with Gasteiger partial charge in [0.2, 0.25) is 0 Å². The van der Waals surface area contributed by atoms with Crippen LogP contribution in [0.25, 0.3) is 0 Å². The van der Waals surface area contributed by atoms with Crippen molar-refractivity contribution in [2.45, 2.75) is 13.0 Å². The molecular weight excluding hydrogens is 313 g/mol. The first kappa shape index (κ1) is 15.9. The minimum absolute atomic E-state index is 0.0186. The Hall–Kier alpha value is -2.47. The highest BCUT2D eigenvalue weighted by molar-refractivity contribution is 6.32. The number of esters is 1. The van der Waals surface area contributed by atoms with E-state index in [1.54, 1.807) is 6.92 Å². The van der Waals surface area contributed by atoms with E-state index in [-0.39, 0.29) is 16.3 Å². The number of nitrogens with zero attached hydrogens (tertiary/aromatic N) is 1. The molecule has 0 N–H and O–H groups in total. The van der Waals surface area contributed by atoms with Crippen molar-refractivity contribution in [3.05, 3.63) is 74.5 Å². The molecule has 0 amide bonds. The largest absolute Gasteiger partial charge is 0.454 e. The maximum Gasteiger partial charge on any atom is 0.338 e.